The number of thiophene rings is 1. The molecule has 1 aromatic heterocycles. The van der Waals surface area contributed by atoms with Crippen molar-refractivity contribution in [2.45, 2.75) is 37.8 Å². The van der Waals surface area contributed by atoms with Crippen LogP contribution in [0, 0.1) is 26.7 Å². The number of hydrogen-bond donors (Lipinski definition) is 1. The van der Waals surface area contributed by atoms with Gasteiger partial charge in [-0.2, -0.15) is 4.31 Å². The van der Waals surface area contributed by atoms with Crippen LogP contribution in [0.3, 0.4) is 0 Å². The third-order valence-electron chi connectivity index (χ3n) is 4.77. The quantitative estimate of drug-likeness (QED) is 0.862. The lowest BCUT2D eigenvalue weighted by Crippen LogP contribution is -2.43. The highest BCUT2D eigenvalue weighted by Crippen LogP contribution is 2.28. The number of nitrogens with zero attached hydrogens (tertiary/aromatic N) is 1. The van der Waals surface area contributed by atoms with Gasteiger partial charge in [0.05, 0.1) is 5.92 Å². The molecule has 140 valence electrons. The molecule has 3 rings (SSSR count). The Kier molecular flexibility index (Phi) is 5.50. The van der Waals surface area contributed by atoms with Crippen LogP contribution in [-0.4, -0.2) is 31.7 Å². The van der Waals surface area contributed by atoms with Crippen molar-refractivity contribution >= 4 is 33.0 Å². The van der Waals surface area contributed by atoms with E-state index < -0.39 is 10.0 Å². The van der Waals surface area contributed by atoms with Crippen molar-refractivity contribution < 1.29 is 13.2 Å². The van der Waals surface area contributed by atoms with Gasteiger partial charge in [-0.05, 0) is 56.2 Å². The third-order valence-corrected chi connectivity index (χ3v) is 8.01. The summed E-state index contributed by atoms with van der Waals surface area (Å²) in [4.78, 5) is 12.8. The highest BCUT2D eigenvalue weighted by atomic mass is 32.2. The first kappa shape index (κ1) is 19.1. The number of carbonyl (C=O) groups excluding carboxylic acids is 1. The summed E-state index contributed by atoms with van der Waals surface area (Å²) in [6, 6.07) is 7.42. The van der Waals surface area contributed by atoms with Gasteiger partial charge in [0.2, 0.25) is 5.91 Å². The Labute approximate surface area is 159 Å². The number of piperidine rings is 1. The van der Waals surface area contributed by atoms with Gasteiger partial charge in [0.25, 0.3) is 10.0 Å². The monoisotopic (exact) mass is 392 g/mol. The predicted octanol–water partition coefficient (Wildman–Crippen LogP) is 3.71. The molecule has 0 saturated carbocycles. The first-order valence-electron chi connectivity index (χ1n) is 8.71. The van der Waals surface area contributed by atoms with Gasteiger partial charge in [-0.1, -0.05) is 23.8 Å². The van der Waals surface area contributed by atoms with E-state index in [9.17, 15) is 13.2 Å². The average Bonchev–Trinajstić information content (AvgIpc) is 3.13. The van der Waals surface area contributed by atoms with Crippen LogP contribution < -0.4 is 5.32 Å². The van der Waals surface area contributed by atoms with Gasteiger partial charge in [0.1, 0.15) is 4.21 Å². The lowest BCUT2D eigenvalue weighted by atomic mass is 9.98. The lowest BCUT2D eigenvalue weighted by Gasteiger charge is -2.31. The molecule has 1 atom stereocenters. The molecule has 0 bridgehead atoms. The Morgan fingerprint density at radius 3 is 2.54 bits per heavy atom. The van der Waals surface area contributed by atoms with Crippen molar-refractivity contribution in [2.75, 3.05) is 18.4 Å². The zero-order valence-electron chi connectivity index (χ0n) is 15.3. The fourth-order valence-electron chi connectivity index (χ4n) is 3.51. The summed E-state index contributed by atoms with van der Waals surface area (Å²) in [5.74, 6) is -0.440. The minimum absolute atomic E-state index is 0.105. The first-order chi connectivity index (χ1) is 12.3. The molecule has 1 aliphatic heterocycles. The fraction of sp³-hybridized carbons (Fsp3) is 0.421. The van der Waals surface area contributed by atoms with Crippen LogP contribution in [0.15, 0.2) is 33.9 Å². The summed E-state index contributed by atoms with van der Waals surface area (Å²) in [5, 5.41) is 4.78. The van der Waals surface area contributed by atoms with Crippen LogP contribution in [0.5, 0.6) is 0 Å². The largest absolute Gasteiger partial charge is 0.325 e. The normalized spacial score (nSPS) is 18.7. The molecule has 1 amide bonds. The number of anilines is 1. The van der Waals surface area contributed by atoms with Gasteiger partial charge < -0.3 is 5.32 Å². The summed E-state index contributed by atoms with van der Waals surface area (Å²) >= 11 is 1.21. The molecule has 1 saturated heterocycles. The van der Waals surface area contributed by atoms with Crippen LogP contribution in [0.1, 0.15) is 29.5 Å². The van der Waals surface area contributed by atoms with Gasteiger partial charge in [0, 0.05) is 18.8 Å². The van der Waals surface area contributed by atoms with E-state index in [2.05, 4.69) is 5.32 Å². The van der Waals surface area contributed by atoms with Crippen LogP contribution in [-0.2, 0) is 14.8 Å². The summed E-state index contributed by atoms with van der Waals surface area (Å²) in [6.07, 6.45) is 1.39. The number of hydrogen-bond acceptors (Lipinski definition) is 4. The molecule has 0 spiro atoms. The minimum Gasteiger partial charge on any atom is -0.325 e. The fourth-order valence-corrected chi connectivity index (χ4v) is 6.18. The van der Waals surface area contributed by atoms with E-state index in [0.29, 0.717) is 23.6 Å². The van der Waals surface area contributed by atoms with Crippen LogP contribution >= 0.6 is 11.3 Å². The minimum atomic E-state index is -3.51. The number of carbonyl (C=O) groups is 1. The van der Waals surface area contributed by atoms with Gasteiger partial charge in [-0.3, -0.25) is 4.79 Å². The maximum Gasteiger partial charge on any atom is 0.252 e. The average molecular weight is 393 g/mol. The zero-order valence-corrected chi connectivity index (χ0v) is 16.9. The van der Waals surface area contributed by atoms with E-state index in [1.165, 1.54) is 15.6 Å². The molecule has 0 radical (unpaired) electrons. The summed E-state index contributed by atoms with van der Waals surface area (Å²) < 4.78 is 27.2. The number of amides is 1. The topological polar surface area (TPSA) is 66.5 Å². The molecular formula is C19H24N2O3S2. The van der Waals surface area contributed by atoms with Crippen LogP contribution in [0.4, 0.5) is 5.69 Å². The second-order valence-electron chi connectivity index (χ2n) is 6.90. The van der Waals surface area contributed by atoms with Crippen molar-refractivity contribution in [3.63, 3.8) is 0 Å². The maximum atomic E-state index is 12.8. The molecule has 1 unspecified atom stereocenters. The summed E-state index contributed by atoms with van der Waals surface area (Å²) in [5.41, 5.74) is 4.03. The van der Waals surface area contributed by atoms with Crippen molar-refractivity contribution in [1.82, 2.24) is 4.31 Å². The summed E-state index contributed by atoms with van der Waals surface area (Å²) in [6.45, 7) is 6.68. The number of benzene rings is 1. The zero-order chi connectivity index (χ0) is 18.9. The van der Waals surface area contributed by atoms with Gasteiger partial charge in [0.15, 0.2) is 0 Å². The molecule has 1 aliphatic rings. The SMILES string of the molecule is Cc1cc(C)c(NC(=O)C2CCCN(S(=O)(=O)c3cccs3)C2)c(C)c1. The highest BCUT2D eigenvalue weighted by Gasteiger charge is 2.34. The molecule has 2 aromatic rings. The Morgan fingerprint density at radius 1 is 1.23 bits per heavy atom. The highest BCUT2D eigenvalue weighted by molar-refractivity contribution is 7.91. The lowest BCUT2D eigenvalue weighted by molar-refractivity contribution is -0.120. The van der Waals surface area contributed by atoms with Crippen molar-refractivity contribution in [3.05, 3.63) is 46.3 Å². The van der Waals surface area contributed by atoms with E-state index in [1.54, 1.807) is 17.5 Å². The molecule has 5 nitrogen and oxygen atoms in total. The maximum absolute atomic E-state index is 12.8. The second kappa shape index (κ2) is 7.50. The molecular weight excluding hydrogens is 368 g/mol. The molecule has 7 heteroatoms. The smallest absolute Gasteiger partial charge is 0.252 e. The number of rotatable bonds is 4. The van der Waals surface area contributed by atoms with E-state index in [-0.39, 0.29) is 18.4 Å². The standard InChI is InChI=1S/C19H24N2O3S2/c1-13-10-14(2)18(15(3)11-13)20-19(22)16-6-4-8-21(12-16)26(23,24)17-7-5-9-25-17/h5,7,9-11,16H,4,6,8,12H2,1-3H3,(H,20,22). The van der Waals surface area contributed by atoms with Gasteiger partial charge in [-0.15, -0.1) is 11.3 Å². The van der Waals surface area contributed by atoms with Crippen molar-refractivity contribution in [3.8, 4) is 0 Å². The Morgan fingerprint density at radius 2 is 1.92 bits per heavy atom. The van der Waals surface area contributed by atoms with E-state index in [4.69, 9.17) is 0 Å². The molecule has 1 fully saturated rings. The molecule has 1 aromatic carbocycles. The third kappa shape index (κ3) is 3.84. The van der Waals surface area contributed by atoms with Gasteiger partial charge in [-0.25, -0.2) is 8.42 Å². The molecule has 1 N–H and O–H groups in total. The first-order valence-corrected chi connectivity index (χ1v) is 11.0. The van der Waals surface area contributed by atoms with E-state index in [1.807, 2.05) is 32.9 Å². The van der Waals surface area contributed by atoms with Crippen molar-refractivity contribution in [1.29, 1.82) is 0 Å². The Bertz CT molecular complexity index is 882. The van der Waals surface area contributed by atoms with Crippen LogP contribution in [0.25, 0.3) is 0 Å². The Hall–Kier alpha value is -1.70. The van der Waals surface area contributed by atoms with Crippen molar-refractivity contribution in [2.24, 2.45) is 5.92 Å². The van der Waals surface area contributed by atoms with E-state index >= 15 is 0 Å². The van der Waals surface area contributed by atoms with Crippen LogP contribution in [0.2, 0.25) is 0 Å². The number of aryl methyl sites for hydroxylation is 3. The molecule has 0 aliphatic carbocycles. The second-order valence-corrected chi connectivity index (χ2v) is 10.0. The molecule has 26 heavy (non-hydrogen) atoms. The Balaban J connectivity index is 1.75. The van der Waals surface area contributed by atoms with E-state index in [0.717, 1.165) is 22.4 Å². The number of nitrogens with one attached hydrogen (secondary N) is 1. The predicted molar refractivity (Wildman–Crippen MR) is 105 cm³/mol. The number of sulfonamides is 1. The van der Waals surface area contributed by atoms with Gasteiger partial charge >= 0.3 is 0 Å². The summed E-state index contributed by atoms with van der Waals surface area (Å²) in [7, 11) is -3.51. The molecule has 2 heterocycles.